The van der Waals surface area contributed by atoms with Gasteiger partial charge in [0.2, 0.25) is 0 Å². The van der Waals surface area contributed by atoms with Gasteiger partial charge in [-0.05, 0) is 31.0 Å². The molecule has 0 saturated carbocycles. The molecular weight excluding hydrogens is 341 g/mol. The van der Waals surface area contributed by atoms with Gasteiger partial charge in [-0.3, -0.25) is 0 Å². The molecule has 1 fully saturated rings. The molecule has 122 valence electrons. The molecule has 23 heavy (non-hydrogen) atoms. The maximum Gasteiger partial charge on any atom is 0.511 e. The molecule has 0 amide bonds. The van der Waals surface area contributed by atoms with Crippen molar-refractivity contribution in [1.82, 2.24) is 14.8 Å². The molecule has 8 heteroatoms. The molecule has 1 saturated heterocycles. The number of carbonyl (C=O) groups excluding carboxylic acids is 1. The summed E-state index contributed by atoms with van der Waals surface area (Å²) in [5.74, 6) is -0.0927. The number of aromatic nitrogens is 3. The van der Waals surface area contributed by atoms with Gasteiger partial charge in [-0.2, -0.15) is 5.10 Å². The third-order valence-electron chi connectivity index (χ3n) is 4.34. The van der Waals surface area contributed by atoms with Gasteiger partial charge in [-0.1, -0.05) is 37.0 Å². The smallest absolute Gasteiger partial charge is 0.421 e. The Labute approximate surface area is 143 Å². The second kappa shape index (κ2) is 5.39. The monoisotopic (exact) mass is 355 g/mol. The third kappa shape index (κ3) is 2.20. The van der Waals surface area contributed by atoms with E-state index in [0.29, 0.717) is 15.6 Å². The molecule has 0 spiro atoms. The van der Waals surface area contributed by atoms with Gasteiger partial charge in [0.05, 0.1) is 5.02 Å². The Morgan fingerprint density at radius 1 is 1.26 bits per heavy atom. The van der Waals surface area contributed by atoms with E-state index in [4.69, 9.17) is 32.7 Å². The lowest BCUT2D eigenvalue weighted by molar-refractivity contribution is -0.100. The van der Waals surface area contributed by atoms with Crippen LogP contribution in [0.3, 0.4) is 0 Å². The minimum atomic E-state index is -1.38. The minimum absolute atomic E-state index is 0.0927. The van der Waals surface area contributed by atoms with Crippen LogP contribution in [0.15, 0.2) is 30.9 Å². The molecule has 1 aliphatic rings. The lowest BCUT2D eigenvalue weighted by Gasteiger charge is -2.41. The van der Waals surface area contributed by atoms with E-state index < -0.39 is 17.5 Å². The highest BCUT2D eigenvalue weighted by Gasteiger charge is 2.66. The average molecular weight is 356 g/mol. The normalized spacial score (nSPS) is 27.1. The number of carbonyl (C=O) groups is 1. The Balaban J connectivity index is 2.34. The Morgan fingerprint density at radius 3 is 2.57 bits per heavy atom. The van der Waals surface area contributed by atoms with Crippen molar-refractivity contribution >= 4 is 29.4 Å². The van der Waals surface area contributed by atoms with Crippen LogP contribution >= 0.6 is 23.2 Å². The summed E-state index contributed by atoms with van der Waals surface area (Å²) in [6.45, 7) is 5.64. The Kier molecular flexibility index (Phi) is 3.77. The molecule has 2 atom stereocenters. The summed E-state index contributed by atoms with van der Waals surface area (Å²) in [4.78, 5) is 16.0. The number of benzene rings is 1. The summed E-state index contributed by atoms with van der Waals surface area (Å²) < 4.78 is 12.6. The van der Waals surface area contributed by atoms with E-state index in [2.05, 4.69) is 10.1 Å². The maximum absolute atomic E-state index is 12.1. The van der Waals surface area contributed by atoms with E-state index in [1.54, 1.807) is 25.1 Å². The van der Waals surface area contributed by atoms with Gasteiger partial charge in [-0.15, -0.1) is 0 Å². The molecule has 0 radical (unpaired) electrons. The quantitative estimate of drug-likeness (QED) is 0.781. The number of hydrogen-bond donors (Lipinski definition) is 0. The van der Waals surface area contributed by atoms with Crippen LogP contribution in [0.4, 0.5) is 4.79 Å². The Hall–Kier alpha value is -1.79. The van der Waals surface area contributed by atoms with Crippen molar-refractivity contribution in [3.8, 4) is 0 Å². The second-order valence-corrected chi connectivity index (χ2v) is 6.67. The molecule has 0 aliphatic carbocycles. The third-order valence-corrected chi connectivity index (χ3v) is 4.89. The van der Waals surface area contributed by atoms with E-state index in [9.17, 15) is 4.79 Å². The summed E-state index contributed by atoms with van der Waals surface area (Å²) in [5, 5.41) is 5.00. The number of rotatable bonds is 3. The highest BCUT2D eigenvalue weighted by molar-refractivity contribution is 6.35. The van der Waals surface area contributed by atoms with Crippen molar-refractivity contribution < 1.29 is 14.3 Å². The summed E-state index contributed by atoms with van der Waals surface area (Å²) in [6.07, 6.45) is 2.04. The van der Waals surface area contributed by atoms with Gasteiger partial charge in [0.25, 0.3) is 5.72 Å². The van der Waals surface area contributed by atoms with E-state index >= 15 is 0 Å². The van der Waals surface area contributed by atoms with Crippen molar-refractivity contribution in [1.29, 1.82) is 0 Å². The highest BCUT2D eigenvalue weighted by Crippen LogP contribution is 2.51. The van der Waals surface area contributed by atoms with Gasteiger partial charge in [0, 0.05) is 10.6 Å². The molecule has 1 aromatic heterocycles. The molecule has 2 unspecified atom stereocenters. The van der Waals surface area contributed by atoms with E-state index in [1.165, 1.54) is 17.3 Å². The molecule has 1 aliphatic heterocycles. The Bertz CT molecular complexity index is 750. The first-order valence-electron chi connectivity index (χ1n) is 7.04. The number of hydrogen-bond acceptors (Lipinski definition) is 5. The van der Waals surface area contributed by atoms with Crippen molar-refractivity contribution in [2.45, 2.75) is 32.1 Å². The first-order valence-corrected chi connectivity index (χ1v) is 7.79. The molecule has 2 heterocycles. The van der Waals surface area contributed by atoms with Crippen LogP contribution in [-0.4, -0.2) is 26.5 Å². The summed E-state index contributed by atoms with van der Waals surface area (Å²) in [7, 11) is 0. The fourth-order valence-electron chi connectivity index (χ4n) is 2.85. The minimum Gasteiger partial charge on any atom is -0.421 e. The predicted molar refractivity (Wildman–Crippen MR) is 84.4 cm³/mol. The summed E-state index contributed by atoms with van der Waals surface area (Å²) in [6, 6.07) is 4.97. The molecule has 0 N–H and O–H groups in total. The topological polar surface area (TPSA) is 66.2 Å². The first kappa shape index (κ1) is 16.1. The maximum atomic E-state index is 12.1. The fraction of sp³-hybridized carbons (Fsp3) is 0.400. The number of ether oxygens (including phenoxy) is 2. The number of cyclic esters (lactones) is 2. The van der Waals surface area contributed by atoms with Crippen molar-refractivity contribution in [3.63, 3.8) is 0 Å². The van der Waals surface area contributed by atoms with Gasteiger partial charge in [0.1, 0.15) is 12.7 Å². The number of nitrogens with zero attached hydrogens (tertiary/aromatic N) is 3. The van der Waals surface area contributed by atoms with Crippen LogP contribution in [0.5, 0.6) is 0 Å². The van der Waals surface area contributed by atoms with Gasteiger partial charge in [0.15, 0.2) is 5.60 Å². The predicted octanol–water partition coefficient (Wildman–Crippen LogP) is 3.87. The van der Waals surface area contributed by atoms with Gasteiger partial charge < -0.3 is 9.47 Å². The molecule has 6 nitrogen and oxygen atoms in total. The summed E-state index contributed by atoms with van der Waals surface area (Å²) >= 11 is 12.4. The van der Waals surface area contributed by atoms with E-state index in [-0.39, 0.29) is 5.92 Å². The van der Waals surface area contributed by atoms with Crippen LogP contribution < -0.4 is 0 Å². The zero-order valence-electron chi connectivity index (χ0n) is 12.8. The van der Waals surface area contributed by atoms with E-state index in [1.807, 2.05) is 13.8 Å². The highest BCUT2D eigenvalue weighted by atomic mass is 35.5. The summed E-state index contributed by atoms with van der Waals surface area (Å²) in [5.41, 5.74) is -1.90. The van der Waals surface area contributed by atoms with Crippen molar-refractivity contribution in [2.75, 3.05) is 0 Å². The van der Waals surface area contributed by atoms with Gasteiger partial charge >= 0.3 is 6.16 Å². The Morgan fingerprint density at radius 2 is 2.00 bits per heavy atom. The largest absolute Gasteiger partial charge is 0.511 e. The van der Waals surface area contributed by atoms with Crippen LogP contribution in [0, 0.1) is 5.92 Å². The van der Waals surface area contributed by atoms with Crippen molar-refractivity contribution in [3.05, 3.63) is 46.5 Å². The molecule has 3 rings (SSSR count). The average Bonchev–Trinajstić information content (AvgIpc) is 3.06. The zero-order valence-corrected chi connectivity index (χ0v) is 14.3. The van der Waals surface area contributed by atoms with Crippen LogP contribution in [0.25, 0.3) is 0 Å². The molecule has 1 aromatic carbocycles. The molecule has 0 bridgehead atoms. The second-order valence-electron chi connectivity index (χ2n) is 5.82. The van der Waals surface area contributed by atoms with Crippen LogP contribution in [0.2, 0.25) is 10.0 Å². The van der Waals surface area contributed by atoms with Crippen molar-refractivity contribution in [2.24, 2.45) is 5.92 Å². The molecular formula is C15H15Cl2N3O3. The van der Waals surface area contributed by atoms with E-state index in [0.717, 1.165) is 0 Å². The fourth-order valence-corrected chi connectivity index (χ4v) is 3.39. The lowest BCUT2D eigenvalue weighted by atomic mass is 9.78. The standard InChI is InChI=1S/C15H15Cl2N3O3/c1-9(2)14(3)15(23-13(21)22-14,20-8-18-7-19-20)11-5-4-10(16)6-12(11)17/h4-9H,1-3H3. The van der Waals surface area contributed by atoms with Crippen LogP contribution in [-0.2, 0) is 15.2 Å². The zero-order chi connectivity index (χ0) is 16.8. The number of halogens is 2. The molecule has 2 aromatic rings. The lowest BCUT2D eigenvalue weighted by Crippen LogP contribution is -2.55. The first-order chi connectivity index (χ1) is 10.8. The SMILES string of the molecule is CC(C)C1(C)OC(=O)OC1(c1ccc(Cl)cc1Cl)n1cncn1. The van der Waals surface area contributed by atoms with Crippen LogP contribution in [0.1, 0.15) is 26.3 Å². The van der Waals surface area contributed by atoms with Gasteiger partial charge in [-0.25, -0.2) is 14.5 Å².